The lowest BCUT2D eigenvalue weighted by atomic mass is 10.2. The standard InChI is InChI=1S/C17H23ClN4O2/c1-5-6-9-22(2)16-7-8-19-17(21-16)20-13-11-14(23-3)12(18)10-15(13)24-4/h7-8,10-11H,5-6,9H2,1-4H3,(H,19,20,21). The molecule has 130 valence electrons. The second-order valence-electron chi connectivity index (χ2n) is 5.33. The third-order valence-corrected chi connectivity index (χ3v) is 3.89. The van der Waals surface area contributed by atoms with E-state index in [0.717, 1.165) is 25.2 Å². The van der Waals surface area contributed by atoms with Crippen LogP contribution in [0.3, 0.4) is 0 Å². The van der Waals surface area contributed by atoms with Crippen molar-refractivity contribution < 1.29 is 9.47 Å². The van der Waals surface area contributed by atoms with Crippen LogP contribution in [0.1, 0.15) is 19.8 Å². The molecule has 0 saturated carbocycles. The van der Waals surface area contributed by atoms with Crippen LogP contribution in [0.4, 0.5) is 17.5 Å². The molecule has 0 aliphatic heterocycles. The zero-order chi connectivity index (χ0) is 17.5. The molecule has 0 spiro atoms. The quantitative estimate of drug-likeness (QED) is 0.772. The van der Waals surface area contributed by atoms with E-state index in [2.05, 4.69) is 27.1 Å². The van der Waals surface area contributed by atoms with Crippen LogP contribution in [0.5, 0.6) is 11.5 Å². The molecule has 1 heterocycles. The van der Waals surface area contributed by atoms with E-state index in [1.54, 1.807) is 32.5 Å². The van der Waals surface area contributed by atoms with Crippen LogP contribution < -0.4 is 19.7 Å². The first-order valence-corrected chi connectivity index (χ1v) is 8.19. The summed E-state index contributed by atoms with van der Waals surface area (Å²) in [5, 5.41) is 3.64. The van der Waals surface area contributed by atoms with E-state index >= 15 is 0 Å². The first kappa shape index (κ1) is 18.1. The van der Waals surface area contributed by atoms with Crippen LogP contribution in [0.15, 0.2) is 24.4 Å². The van der Waals surface area contributed by atoms with Gasteiger partial charge in [-0.05, 0) is 12.5 Å². The Hall–Kier alpha value is -2.21. The highest BCUT2D eigenvalue weighted by Crippen LogP contribution is 2.36. The minimum Gasteiger partial charge on any atom is -0.495 e. The Morgan fingerprint density at radius 1 is 1.21 bits per heavy atom. The summed E-state index contributed by atoms with van der Waals surface area (Å²) in [6, 6.07) is 5.35. The van der Waals surface area contributed by atoms with Crippen LogP contribution in [0.25, 0.3) is 0 Å². The van der Waals surface area contributed by atoms with Gasteiger partial charge in [-0.3, -0.25) is 0 Å². The van der Waals surface area contributed by atoms with Gasteiger partial charge in [0, 0.05) is 31.9 Å². The van der Waals surface area contributed by atoms with Gasteiger partial charge in [-0.25, -0.2) is 4.98 Å². The van der Waals surface area contributed by atoms with Gasteiger partial charge in [0.25, 0.3) is 0 Å². The molecule has 0 saturated heterocycles. The van der Waals surface area contributed by atoms with Crippen LogP contribution >= 0.6 is 11.6 Å². The summed E-state index contributed by atoms with van der Waals surface area (Å²) in [5.41, 5.74) is 0.687. The zero-order valence-corrected chi connectivity index (χ0v) is 15.2. The molecule has 0 radical (unpaired) electrons. The third-order valence-electron chi connectivity index (χ3n) is 3.60. The largest absolute Gasteiger partial charge is 0.495 e. The molecule has 0 amide bonds. The third kappa shape index (κ3) is 4.41. The van der Waals surface area contributed by atoms with E-state index in [-0.39, 0.29) is 0 Å². The maximum absolute atomic E-state index is 6.13. The van der Waals surface area contributed by atoms with E-state index in [1.807, 2.05) is 13.1 Å². The van der Waals surface area contributed by atoms with Crippen LogP contribution in [0, 0.1) is 0 Å². The van der Waals surface area contributed by atoms with Crippen LogP contribution in [-0.4, -0.2) is 37.8 Å². The summed E-state index contributed by atoms with van der Waals surface area (Å²) in [5.74, 6) is 2.49. The normalized spacial score (nSPS) is 10.4. The van der Waals surface area contributed by atoms with E-state index in [4.69, 9.17) is 21.1 Å². The molecule has 7 heteroatoms. The van der Waals surface area contributed by atoms with Gasteiger partial charge < -0.3 is 19.7 Å². The number of anilines is 3. The molecule has 0 aliphatic carbocycles. The molecule has 6 nitrogen and oxygen atoms in total. The van der Waals surface area contributed by atoms with Gasteiger partial charge in [0.2, 0.25) is 5.95 Å². The number of hydrogen-bond donors (Lipinski definition) is 1. The topological polar surface area (TPSA) is 59.5 Å². The fourth-order valence-corrected chi connectivity index (χ4v) is 2.44. The van der Waals surface area contributed by atoms with Crippen molar-refractivity contribution >= 4 is 29.1 Å². The Balaban J connectivity index is 2.25. The predicted octanol–water partition coefficient (Wildman–Crippen LogP) is 4.13. The number of hydrogen-bond acceptors (Lipinski definition) is 6. The number of methoxy groups -OCH3 is 2. The zero-order valence-electron chi connectivity index (χ0n) is 14.5. The van der Waals surface area contributed by atoms with E-state index in [0.29, 0.717) is 28.2 Å². The predicted molar refractivity (Wildman–Crippen MR) is 98.0 cm³/mol. The van der Waals surface area contributed by atoms with Crippen molar-refractivity contribution in [3.63, 3.8) is 0 Å². The maximum Gasteiger partial charge on any atom is 0.229 e. The number of halogens is 1. The Morgan fingerprint density at radius 2 is 1.96 bits per heavy atom. The van der Waals surface area contributed by atoms with Crippen LogP contribution in [-0.2, 0) is 0 Å². The highest BCUT2D eigenvalue weighted by Gasteiger charge is 2.12. The summed E-state index contributed by atoms with van der Waals surface area (Å²) in [6.45, 7) is 3.12. The van der Waals surface area contributed by atoms with E-state index < -0.39 is 0 Å². The van der Waals surface area contributed by atoms with Gasteiger partial charge in [-0.1, -0.05) is 24.9 Å². The lowest BCUT2D eigenvalue weighted by molar-refractivity contribution is 0.405. The SMILES string of the molecule is CCCCN(C)c1ccnc(Nc2cc(OC)c(Cl)cc2OC)n1. The highest BCUT2D eigenvalue weighted by atomic mass is 35.5. The summed E-state index contributed by atoms with van der Waals surface area (Å²) >= 11 is 6.13. The number of benzene rings is 1. The summed E-state index contributed by atoms with van der Waals surface area (Å²) in [4.78, 5) is 10.9. The van der Waals surface area contributed by atoms with Crippen molar-refractivity contribution in [3.8, 4) is 11.5 Å². The van der Waals surface area contributed by atoms with E-state index in [1.165, 1.54) is 0 Å². The van der Waals surface area contributed by atoms with Crippen molar-refractivity contribution in [2.45, 2.75) is 19.8 Å². The highest BCUT2D eigenvalue weighted by molar-refractivity contribution is 6.32. The first-order valence-electron chi connectivity index (χ1n) is 7.81. The fourth-order valence-electron chi connectivity index (χ4n) is 2.21. The first-order chi connectivity index (χ1) is 11.6. The molecule has 0 unspecified atom stereocenters. The summed E-state index contributed by atoms with van der Waals surface area (Å²) in [7, 11) is 5.17. The molecule has 1 N–H and O–H groups in total. The second-order valence-corrected chi connectivity index (χ2v) is 5.73. The number of nitrogens with zero attached hydrogens (tertiary/aromatic N) is 3. The van der Waals surface area contributed by atoms with Gasteiger partial charge in [0.15, 0.2) is 0 Å². The Labute approximate surface area is 147 Å². The van der Waals surface area contributed by atoms with Crippen molar-refractivity contribution in [2.24, 2.45) is 0 Å². The molecule has 0 fully saturated rings. The number of nitrogens with one attached hydrogen (secondary N) is 1. The van der Waals surface area contributed by atoms with Gasteiger partial charge in [0.05, 0.1) is 24.9 Å². The Kier molecular flexibility index (Phi) is 6.49. The minimum atomic E-state index is 0.480. The van der Waals surface area contributed by atoms with Gasteiger partial charge in [-0.15, -0.1) is 0 Å². The molecular weight excluding hydrogens is 328 g/mol. The van der Waals surface area contributed by atoms with Crippen molar-refractivity contribution in [1.29, 1.82) is 0 Å². The Bertz CT molecular complexity index is 682. The molecule has 1 aromatic heterocycles. The second kappa shape index (κ2) is 8.59. The number of aromatic nitrogens is 2. The average Bonchev–Trinajstić information content (AvgIpc) is 2.60. The van der Waals surface area contributed by atoms with Gasteiger partial charge >= 0.3 is 0 Å². The lowest BCUT2D eigenvalue weighted by Gasteiger charge is -2.18. The molecule has 24 heavy (non-hydrogen) atoms. The lowest BCUT2D eigenvalue weighted by Crippen LogP contribution is -2.20. The smallest absolute Gasteiger partial charge is 0.229 e. The molecule has 0 bridgehead atoms. The monoisotopic (exact) mass is 350 g/mol. The average molecular weight is 351 g/mol. The molecule has 0 atom stereocenters. The minimum absolute atomic E-state index is 0.480. The van der Waals surface area contributed by atoms with Crippen molar-refractivity contribution in [2.75, 3.05) is 38.0 Å². The van der Waals surface area contributed by atoms with E-state index in [9.17, 15) is 0 Å². The van der Waals surface area contributed by atoms with Gasteiger partial charge in [0.1, 0.15) is 17.3 Å². The van der Waals surface area contributed by atoms with Crippen molar-refractivity contribution in [1.82, 2.24) is 9.97 Å². The maximum atomic E-state index is 6.13. The van der Waals surface area contributed by atoms with Crippen LogP contribution in [0.2, 0.25) is 5.02 Å². The summed E-state index contributed by atoms with van der Waals surface area (Å²) < 4.78 is 10.6. The number of unbranched alkanes of at least 4 members (excludes halogenated alkanes) is 1. The Morgan fingerprint density at radius 3 is 2.62 bits per heavy atom. The summed E-state index contributed by atoms with van der Waals surface area (Å²) in [6.07, 6.45) is 3.99. The molecule has 0 aliphatic rings. The molecule has 1 aromatic carbocycles. The molecule has 2 rings (SSSR count). The molecular formula is C17H23ClN4O2. The van der Waals surface area contributed by atoms with Crippen molar-refractivity contribution in [3.05, 3.63) is 29.4 Å². The fraction of sp³-hybridized carbons (Fsp3) is 0.412. The van der Waals surface area contributed by atoms with Gasteiger partial charge in [-0.2, -0.15) is 4.98 Å². The number of rotatable bonds is 8. The molecule has 2 aromatic rings. The number of ether oxygens (including phenoxy) is 2.